The molecule has 1 aromatic carbocycles. The van der Waals surface area contributed by atoms with Crippen LogP contribution in [0, 0.1) is 6.92 Å². The number of aliphatic hydroxyl groups is 1. The van der Waals surface area contributed by atoms with Gasteiger partial charge < -0.3 is 40.4 Å². The molecule has 0 radical (unpaired) electrons. The summed E-state index contributed by atoms with van der Waals surface area (Å²) in [6.07, 6.45) is 1.26. The van der Waals surface area contributed by atoms with Crippen molar-refractivity contribution in [2.75, 3.05) is 13.6 Å². The van der Waals surface area contributed by atoms with Crippen molar-refractivity contribution in [3.63, 3.8) is 0 Å². The lowest BCUT2D eigenvalue weighted by Crippen LogP contribution is -2.54. The van der Waals surface area contributed by atoms with Crippen LogP contribution in [0.25, 0.3) is 6.08 Å². The second-order valence-electron chi connectivity index (χ2n) is 12.2. The fourth-order valence-electron chi connectivity index (χ4n) is 5.58. The molecule has 2 aliphatic rings. The summed E-state index contributed by atoms with van der Waals surface area (Å²) in [6, 6.07) is 5.53. The first-order valence-corrected chi connectivity index (χ1v) is 16.8. The van der Waals surface area contributed by atoms with E-state index in [1.54, 1.807) is 31.2 Å². The van der Waals surface area contributed by atoms with Crippen molar-refractivity contribution in [1.82, 2.24) is 30.7 Å². The Morgan fingerprint density at radius 2 is 1.73 bits per heavy atom. The number of thiazole rings is 1. The number of carboxylic acids is 3. The molecule has 1 aliphatic carbocycles. The van der Waals surface area contributed by atoms with Crippen LogP contribution in [0.15, 0.2) is 34.5 Å². The molecule has 51 heavy (non-hydrogen) atoms. The molecule has 16 nitrogen and oxygen atoms in total. The molecule has 1 aliphatic heterocycles. The van der Waals surface area contributed by atoms with Crippen molar-refractivity contribution < 1.29 is 53.2 Å². The van der Waals surface area contributed by atoms with Crippen LogP contribution in [0.2, 0.25) is 5.02 Å². The van der Waals surface area contributed by atoms with Crippen LogP contribution in [0.1, 0.15) is 75.7 Å². The minimum atomic E-state index is -2.74. The first-order chi connectivity index (χ1) is 24.0. The molecule has 0 saturated heterocycles. The highest BCUT2D eigenvalue weighted by molar-refractivity contribution is 7.13. The molecule has 1 saturated carbocycles. The second-order valence-corrected chi connectivity index (χ2v) is 13.7. The molecule has 0 spiro atoms. The number of rotatable bonds is 11. The summed E-state index contributed by atoms with van der Waals surface area (Å²) in [5.41, 5.74) is -1.27. The Balaban J connectivity index is 0.000000383. The van der Waals surface area contributed by atoms with E-state index in [2.05, 4.69) is 30.7 Å². The standard InChI is InChI=1S/C26H28ClFN6O3S.C6H8O7/c1-14-32-33-25(37-14)16-5-8-19(29-23(35)18(28)11-15-3-6-17(27)7-4-15)21(12-16)30-24(36)26-31-20-9-10-34(2)13-22(20)38-26;7-3(8)1-6(13,5(11)12)2-4(9)10/h3-4,6-7,11,16,19,21H,5,8-10,12-13H2,1-2H3,(H,29,35)(H,30,36);13H,1-2H2,(H,7,8)(H,9,10)(H,11,12)/t16-,19-,21+;/m0./s1. The molecule has 0 unspecified atom stereocenters. The van der Waals surface area contributed by atoms with Gasteiger partial charge in [-0.3, -0.25) is 19.2 Å². The van der Waals surface area contributed by atoms with Crippen molar-refractivity contribution in [3.05, 3.63) is 68.0 Å². The summed E-state index contributed by atoms with van der Waals surface area (Å²) in [5.74, 6) is -6.24. The summed E-state index contributed by atoms with van der Waals surface area (Å²) in [6.45, 7) is 3.38. The van der Waals surface area contributed by atoms with E-state index < -0.39 is 60.2 Å². The number of likely N-dealkylation sites (N-methyl/N-ethyl adjacent to an activating group) is 1. The van der Waals surface area contributed by atoms with E-state index in [9.17, 15) is 28.4 Å². The normalized spacial score (nSPS) is 19.2. The van der Waals surface area contributed by atoms with Gasteiger partial charge in [-0.25, -0.2) is 14.2 Å². The van der Waals surface area contributed by atoms with E-state index in [-0.39, 0.29) is 11.8 Å². The fourth-order valence-corrected chi connectivity index (χ4v) is 6.79. The Bertz CT molecular complexity index is 1780. The highest BCUT2D eigenvalue weighted by atomic mass is 35.5. The van der Waals surface area contributed by atoms with E-state index in [4.69, 9.17) is 36.4 Å². The minimum absolute atomic E-state index is 0.0951. The molecule has 3 aromatic rings. The van der Waals surface area contributed by atoms with Gasteiger partial charge in [-0.15, -0.1) is 21.5 Å². The van der Waals surface area contributed by atoms with Crippen molar-refractivity contribution in [2.45, 2.75) is 75.6 Å². The van der Waals surface area contributed by atoms with E-state index in [1.807, 2.05) is 7.05 Å². The van der Waals surface area contributed by atoms with Gasteiger partial charge in [-0.1, -0.05) is 23.7 Å². The third kappa shape index (κ3) is 10.9. The molecule has 5 rings (SSSR count). The largest absolute Gasteiger partial charge is 0.481 e. The van der Waals surface area contributed by atoms with Crippen LogP contribution >= 0.6 is 22.9 Å². The zero-order valence-electron chi connectivity index (χ0n) is 27.5. The van der Waals surface area contributed by atoms with Crippen molar-refractivity contribution in [1.29, 1.82) is 0 Å². The third-order valence-electron chi connectivity index (χ3n) is 8.16. The number of halogens is 2. The molecule has 274 valence electrons. The maximum Gasteiger partial charge on any atom is 0.336 e. The monoisotopic (exact) mass is 750 g/mol. The van der Waals surface area contributed by atoms with Crippen LogP contribution in [-0.2, 0) is 32.1 Å². The molecule has 6 N–H and O–H groups in total. The Kier molecular flexibility index (Phi) is 13.0. The maximum absolute atomic E-state index is 14.8. The Morgan fingerprint density at radius 3 is 2.31 bits per heavy atom. The smallest absolute Gasteiger partial charge is 0.336 e. The van der Waals surface area contributed by atoms with Crippen LogP contribution in [-0.4, -0.2) is 102 Å². The predicted molar refractivity (Wildman–Crippen MR) is 179 cm³/mol. The number of aryl methyl sites for hydroxylation is 1. The summed E-state index contributed by atoms with van der Waals surface area (Å²) in [4.78, 5) is 64.3. The van der Waals surface area contributed by atoms with Crippen LogP contribution in [0.5, 0.6) is 0 Å². The molecule has 1 fully saturated rings. The van der Waals surface area contributed by atoms with Crippen molar-refractivity contribution in [3.8, 4) is 0 Å². The van der Waals surface area contributed by atoms with Gasteiger partial charge >= 0.3 is 17.9 Å². The number of aliphatic carboxylic acids is 3. The average molecular weight is 751 g/mol. The zero-order chi connectivity index (χ0) is 37.5. The lowest BCUT2D eigenvalue weighted by molar-refractivity contribution is -0.170. The predicted octanol–water partition coefficient (Wildman–Crippen LogP) is 2.79. The van der Waals surface area contributed by atoms with E-state index >= 15 is 0 Å². The average Bonchev–Trinajstić information content (AvgIpc) is 3.68. The molecule has 3 atom stereocenters. The van der Waals surface area contributed by atoms with E-state index in [0.29, 0.717) is 46.6 Å². The van der Waals surface area contributed by atoms with Gasteiger partial charge in [0, 0.05) is 48.3 Å². The molecule has 19 heteroatoms. The molecule has 2 amide bonds. The quantitative estimate of drug-likeness (QED) is 0.154. The van der Waals surface area contributed by atoms with Gasteiger partial charge in [0.2, 0.25) is 11.8 Å². The number of benzene rings is 1. The number of hydrogen-bond acceptors (Lipinski definition) is 12. The molecular weight excluding hydrogens is 715 g/mol. The number of fused-ring (bicyclic) bond motifs is 1. The topological polar surface area (TPSA) is 245 Å². The SMILES string of the molecule is Cc1nnc([C@H]2CC[C@H](NC(=O)C(F)=Cc3ccc(Cl)cc3)[C@H](NC(=O)c3nc4c(s3)CN(C)CC4)C2)o1.O=C(O)CC(O)(CC(=O)O)C(=O)O. The molecular formula is C32H36ClFN6O10S. The summed E-state index contributed by atoms with van der Waals surface area (Å²) >= 11 is 7.27. The Labute approximate surface area is 299 Å². The number of nitrogens with zero attached hydrogens (tertiary/aromatic N) is 4. The number of amides is 2. The first-order valence-electron chi connectivity index (χ1n) is 15.6. The lowest BCUT2D eigenvalue weighted by atomic mass is 9.82. The van der Waals surface area contributed by atoms with Gasteiger partial charge in [-0.2, -0.15) is 0 Å². The van der Waals surface area contributed by atoms with Crippen LogP contribution < -0.4 is 10.6 Å². The van der Waals surface area contributed by atoms with Gasteiger partial charge in [0.25, 0.3) is 11.8 Å². The van der Waals surface area contributed by atoms with Crippen molar-refractivity contribution >= 4 is 58.7 Å². The Hall–Kier alpha value is -4.78. The highest BCUT2D eigenvalue weighted by Gasteiger charge is 2.41. The maximum atomic E-state index is 14.8. The number of hydrogen-bond donors (Lipinski definition) is 6. The number of nitrogens with one attached hydrogen (secondary N) is 2. The van der Waals surface area contributed by atoms with E-state index in [0.717, 1.165) is 36.2 Å². The number of carboxylic acid groups (broad SMARTS) is 3. The van der Waals surface area contributed by atoms with Crippen LogP contribution in [0.3, 0.4) is 0 Å². The third-order valence-corrected chi connectivity index (χ3v) is 9.49. The lowest BCUT2D eigenvalue weighted by Gasteiger charge is -2.35. The van der Waals surface area contributed by atoms with E-state index in [1.165, 1.54) is 11.3 Å². The highest BCUT2D eigenvalue weighted by Crippen LogP contribution is 2.33. The molecule has 0 bridgehead atoms. The number of carbonyl (C=O) groups excluding carboxylic acids is 2. The number of aromatic nitrogens is 3. The van der Waals surface area contributed by atoms with Gasteiger partial charge in [-0.05, 0) is 50.1 Å². The molecule has 3 heterocycles. The zero-order valence-corrected chi connectivity index (χ0v) is 29.0. The van der Waals surface area contributed by atoms with Crippen molar-refractivity contribution in [2.24, 2.45) is 0 Å². The summed E-state index contributed by atoms with van der Waals surface area (Å²) in [7, 11) is 2.04. The first kappa shape index (κ1) is 39.0. The van der Waals surface area contributed by atoms with Gasteiger partial charge in [0.05, 0.1) is 24.6 Å². The minimum Gasteiger partial charge on any atom is -0.481 e. The van der Waals surface area contributed by atoms with Crippen LogP contribution in [0.4, 0.5) is 4.39 Å². The summed E-state index contributed by atoms with van der Waals surface area (Å²) in [5, 5.41) is 48.6. The Morgan fingerprint density at radius 1 is 1.06 bits per heavy atom. The van der Waals surface area contributed by atoms with Gasteiger partial charge in [0.15, 0.2) is 16.4 Å². The molecule has 2 aromatic heterocycles. The van der Waals surface area contributed by atoms with Gasteiger partial charge in [0.1, 0.15) is 0 Å². The summed E-state index contributed by atoms with van der Waals surface area (Å²) < 4.78 is 20.4. The number of carbonyl (C=O) groups is 5. The fraction of sp³-hybridized carbons (Fsp3) is 0.438. The second kappa shape index (κ2) is 17.0.